The third-order valence-electron chi connectivity index (χ3n) is 5.84. The van der Waals surface area contributed by atoms with Crippen LogP contribution in [0.2, 0.25) is 0 Å². The molecule has 0 bridgehead atoms. The molecule has 4 aromatic rings. The maximum absolute atomic E-state index is 13.2. The van der Waals surface area contributed by atoms with Crippen molar-refractivity contribution in [3.05, 3.63) is 101 Å². The zero-order chi connectivity index (χ0) is 25.9. The molecule has 0 saturated carbocycles. The first-order valence-electron chi connectivity index (χ1n) is 11.5. The van der Waals surface area contributed by atoms with Crippen LogP contribution in [0.3, 0.4) is 0 Å². The van der Waals surface area contributed by atoms with Crippen molar-refractivity contribution in [3.8, 4) is 0 Å². The highest BCUT2D eigenvalue weighted by Gasteiger charge is 2.30. The molecule has 3 aromatic carbocycles. The number of aromatic nitrogens is 1. The first-order valence-corrected chi connectivity index (χ1v) is 11.5. The normalized spacial score (nSPS) is 11.6. The molecule has 0 spiro atoms. The number of benzene rings is 3. The van der Waals surface area contributed by atoms with E-state index in [1.165, 1.54) is 12.1 Å². The van der Waals surface area contributed by atoms with Crippen LogP contribution < -0.4 is 10.6 Å². The first kappa shape index (κ1) is 25.0. The lowest BCUT2D eigenvalue weighted by Gasteiger charge is -2.13. The number of hydrogen-bond acceptors (Lipinski definition) is 2. The number of hydrogen-bond donors (Lipinski definition) is 2. The molecule has 1 heterocycles. The maximum atomic E-state index is 13.2. The summed E-state index contributed by atoms with van der Waals surface area (Å²) in [4.78, 5) is 25.3. The molecule has 0 radical (unpaired) electrons. The molecule has 8 heteroatoms. The summed E-state index contributed by atoms with van der Waals surface area (Å²) < 4.78 is 40.7. The SMILES string of the molecule is CC(C)C(=O)Nc1ccc2c(c1)cc(C(=O)NCc1ccccc1)n2Cc1ccc(C(F)(F)F)cc1. The van der Waals surface area contributed by atoms with Crippen molar-refractivity contribution in [3.63, 3.8) is 0 Å². The summed E-state index contributed by atoms with van der Waals surface area (Å²) in [6.07, 6.45) is -4.42. The van der Waals surface area contributed by atoms with E-state index >= 15 is 0 Å². The Hall–Kier alpha value is -4.07. The monoisotopic (exact) mass is 493 g/mol. The van der Waals surface area contributed by atoms with Crippen LogP contribution in [0.4, 0.5) is 18.9 Å². The number of anilines is 1. The van der Waals surface area contributed by atoms with Crippen molar-refractivity contribution in [1.82, 2.24) is 9.88 Å². The van der Waals surface area contributed by atoms with E-state index in [1.54, 1.807) is 42.7 Å². The molecule has 5 nitrogen and oxygen atoms in total. The van der Waals surface area contributed by atoms with E-state index in [9.17, 15) is 22.8 Å². The summed E-state index contributed by atoms with van der Waals surface area (Å²) in [6, 6.07) is 21.4. The van der Waals surface area contributed by atoms with Crippen molar-refractivity contribution in [2.45, 2.75) is 33.1 Å². The van der Waals surface area contributed by atoms with Crippen molar-refractivity contribution < 1.29 is 22.8 Å². The second-order valence-electron chi connectivity index (χ2n) is 8.90. The number of nitrogens with one attached hydrogen (secondary N) is 2. The van der Waals surface area contributed by atoms with Gasteiger partial charge in [-0.3, -0.25) is 9.59 Å². The molecule has 2 amide bonds. The lowest BCUT2D eigenvalue weighted by molar-refractivity contribution is -0.137. The van der Waals surface area contributed by atoms with Crippen molar-refractivity contribution >= 4 is 28.4 Å². The van der Waals surface area contributed by atoms with Gasteiger partial charge in [-0.15, -0.1) is 0 Å². The zero-order valence-corrected chi connectivity index (χ0v) is 19.9. The average Bonchev–Trinajstić information content (AvgIpc) is 3.20. The molecule has 0 fully saturated rings. The summed E-state index contributed by atoms with van der Waals surface area (Å²) in [5.74, 6) is -0.626. The smallest absolute Gasteiger partial charge is 0.347 e. The Morgan fingerprint density at radius 1 is 0.889 bits per heavy atom. The van der Waals surface area contributed by atoms with Gasteiger partial charge < -0.3 is 15.2 Å². The summed E-state index contributed by atoms with van der Waals surface area (Å²) in [5, 5.41) is 6.50. The van der Waals surface area contributed by atoms with Crippen molar-refractivity contribution in [1.29, 1.82) is 0 Å². The Kier molecular flexibility index (Phi) is 7.15. The highest BCUT2D eigenvalue weighted by molar-refractivity contribution is 6.00. The van der Waals surface area contributed by atoms with E-state index < -0.39 is 11.7 Å². The van der Waals surface area contributed by atoms with Gasteiger partial charge in [0, 0.05) is 35.6 Å². The summed E-state index contributed by atoms with van der Waals surface area (Å²) >= 11 is 0. The number of carbonyl (C=O) groups is 2. The van der Waals surface area contributed by atoms with Gasteiger partial charge >= 0.3 is 6.18 Å². The summed E-state index contributed by atoms with van der Waals surface area (Å²) in [5.41, 5.74) is 2.53. The molecule has 0 aliphatic rings. The molecule has 0 aliphatic carbocycles. The van der Waals surface area contributed by atoms with Gasteiger partial charge in [-0.25, -0.2) is 0 Å². The predicted octanol–water partition coefficient (Wildman–Crippen LogP) is 6.23. The molecule has 186 valence electrons. The topological polar surface area (TPSA) is 63.1 Å². The Morgan fingerprint density at radius 3 is 2.22 bits per heavy atom. The standard InChI is InChI=1S/C28H26F3N3O2/c1-18(2)26(35)33-23-12-13-24-21(14-23)15-25(27(36)32-16-19-6-4-3-5-7-19)34(24)17-20-8-10-22(11-9-20)28(29,30)31/h3-15,18H,16-17H2,1-2H3,(H,32,36)(H,33,35). The number of carbonyl (C=O) groups excluding carboxylic acids is 2. The maximum Gasteiger partial charge on any atom is 0.416 e. The fraction of sp³-hybridized carbons (Fsp3) is 0.214. The highest BCUT2D eigenvalue weighted by Crippen LogP contribution is 2.30. The minimum atomic E-state index is -4.42. The van der Waals surface area contributed by atoms with Gasteiger partial charge in [0.05, 0.1) is 5.56 Å². The van der Waals surface area contributed by atoms with Crippen molar-refractivity contribution in [2.24, 2.45) is 5.92 Å². The van der Waals surface area contributed by atoms with E-state index in [-0.39, 0.29) is 24.3 Å². The minimum Gasteiger partial charge on any atom is -0.347 e. The molecule has 36 heavy (non-hydrogen) atoms. The van der Waals surface area contributed by atoms with Crippen LogP contribution in [0, 0.1) is 5.92 Å². The van der Waals surface area contributed by atoms with Crippen LogP contribution >= 0.6 is 0 Å². The molecule has 0 unspecified atom stereocenters. The quantitative estimate of drug-likeness (QED) is 0.321. The third kappa shape index (κ3) is 5.76. The Morgan fingerprint density at radius 2 is 1.58 bits per heavy atom. The fourth-order valence-electron chi connectivity index (χ4n) is 3.84. The molecule has 4 rings (SSSR count). The van der Waals surface area contributed by atoms with Crippen LogP contribution in [-0.4, -0.2) is 16.4 Å². The second-order valence-corrected chi connectivity index (χ2v) is 8.90. The van der Waals surface area contributed by atoms with Gasteiger partial charge in [0.1, 0.15) is 5.69 Å². The van der Waals surface area contributed by atoms with Crippen LogP contribution in [0.15, 0.2) is 78.9 Å². The largest absolute Gasteiger partial charge is 0.416 e. The molecule has 0 aliphatic heterocycles. The van der Waals surface area contributed by atoms with Crippen LogP contribution in [-0.2, 0) is 24.1 Å². The number of fused-ring (bicyclic) bond motifs is 1. The molecule has 1 aromatic heterocycles. The van der Waals surface area contributed by atoms with E-state index in [0.717, 1.165) is 28.6 Å². The summed E-state index contributed by atoms with van der Waals surface area (Å²) in [6.45, 7) is 4.12. The number of nitrogens with zero attached hydrogens (tertiary/aromatic N) is 1. The molecule has 0 saturated heterocycles. The fourth-order valence-corrected chi connectivity index (χ4v) is 3.84. The lowest BCUT2D eigenvalue weighted by Crippen LogP contribution is -2.25. The van der Waals surface area contributed by atoms with Crippen LogP contribution in [0.5, 0.6) is 0 Å². The molecular weight excluding hydrogens is 467 g/mol. The van der Waals surface area contributed by atoms with Crippen LogP contribution in [0.1, 0.15) is 41.0 Å². The predicted molar refractivity (Wildman–Crippen MR) is 134 cm³/mol. The van der Waals surface area contributed by atoms with Gasteiger partial charge in [-0.2, -0.15) is 13.2 Å². The third-order valence-corrected chi connectivity index (χ3v) is 5.84. The van der Waals surface area contributed by atoms with Gasteiger partial charge in [-0.05, 0) is 47.5 Å². The first-order chi connectivity index (χ1) is 17.1. The number of rotatable bonds is 7. The Labute approximate surface area is 206 Å². The molecule has 2 N–H and O–H groups in total. The Bertz CT molecular complexity index is 1380. The van der Waals surface area contributed by atoms with Gasteiger partial charge in [0.2, 0.25) is 5.91 Å². The number of halogens is 3. The average molecular weight is 494 g/mol. The Balaban J connectivity index is 1.67. The van der Waals surface area contributed by atoms with Gasteiger partial charge in [0.25, 0.3) is 5.91 Å². The second kappa shape index (κ2) is 10.3. The van der Waals surface area contributed by atoms with Crippen molar-refractivity contribution in [2.75, 3.05) is 5.32 Å². The van der Waals surface area contributed by atoms with Crippen LogP contribution in [0.25, 0.3) is 10.9 Å². The van der Waals surface area contributed by atoms with E-state index in [1.807, 2.05) is 30.3 Å². The number of alkyl halides is 3. The summed E-state index contributed by atoms with van der Waals surface area (Å²) in [7, 11) is 0. The molecule has 0 atom stereocenters. The lowest BCUT2D eigenvalue weighted by atomic mass is 10.1. The van der Waals surface area contributed by atoms with E-state index in [0.29, 0.717) is 23.5 Å². The highest BCUT2D eigenvalue weighted by atomic mass is 19.4. The molecular formula is C28H26F3N3O2. The minimum absolute atomic E-state index is 0.126. The van der Waals surface area contributed by atoms with Gasteiger partial charge in [-0.1, -0.05) is 56.3 Å². The zero-order valence-electron chi connectivity index (χ0n) is 19.9. The van der Waals surface area contributed by atoms with E-state index in [4.69, 9.17) is 0 Å². The number of amides is 2. The van der Waals surface area contributed by atoms with E-state index in [2.05, 4.69) is 10.6 Å². The van der Waals surface area contributed by atoms with Gasteiger partial charge in [0.15, 0.2) is 0 Å².